The molecule has 134 valence electrons. The number of aliphatic carboxylic acids is 1. The van der Waals surface area contributed by atoms with Gasteiger partial charge in [-0.1, -0.05) is 39.5 Å². The summed E-state index contributed by atoms with van der Waals surface area (Å²) in [5.74, 6) is -1.25. The number of carboxylic acid groups (broad SMARTS) is 1. The summed E-state index contributed by atoms with van der Waals surface area (Å²) >= 11 is 0. The lowest BCUT2D eigenvalue weighted by atomic mass is 9.90. The van der Waals surface area contributed by atoms with Gasteiger partial charge in [-0.05, 0) is 32.6 Å². The van der Waals surface area contributed by atoms with Gasteiger partial charge in [0.05, 0.1) is 17.8 Å². The Balaban J connectivity index is 2.23. The Bertz CT molecular complexity index is 582. The van der Waals surface area contributed by atoms with Gasteiger partial charge in [0.25, 0.3) is 5.91 Å². The standard InChI is InChI=1S/C18H29N3O3/c1-4-14(5-2)21-13(3)15(12-19-21)16(22)20-18(17(23)24)10-8-6-7-9-11-18/h12,14H,4-11H2,1-3H3,(H,20,22)(H,23,24). The maximum Gasteiger partial charge on any atom is 0.329 e. The zero-order valence-corrected chi connectivity index (χ0v) is 15.0. The highest BCUT2D eigenvalue weighted by Crippen LogP contribution is 2.28. The van der Waals surface area contributed by atoms with E-state index in [0.29, 0.717) is 18.4 Å². The first-order valence-electron chi connectivity index (χ1n) is 9.05. The molecular formula is C18H29N3O3. The molecule has 0 aliphatic heterocycles. The van der Waals surface area contributed by atoms with Gasteiger partial charge in [-0.2, -0.15) is 5.10 Å². The van der Waals surface area contributed by atoms with Crippen LogP contribution in [-0.2, 0) is 4.79 Å². The van der Waals surface area contributed by atoms with Crippen LogP contribution in [0.4, 0.5) is 0 Å². The molecule has 1 aromatic heterocycles. The number of carboxylic acids is 1. The first-order chi connectivity index (χ1) is 11.4. The molecule has 0 aromatic carbocycles. The Morgan fingerprint density at radius 1 is 1.25 bits per heavy atom. The summed E-state index contributed by atoms with van der Waals surface area (Å²) in [6.45, 7) is 6.07. The Labute approximate surface area is 143 Å². The molecule has 0 saturated heterocycles. The van der Waals surface area contributed by atoms with Crippen molar-refractivity contribution < 1.29 is 14.7 Å². The molecule has 0 spiro atoms. The lowest BCUT2D eigenvalue weighted by molar-refractivity contribution is -0.145. The number of nitrogens with one attached hydrogen (secondary N) is 1. The van der Waals surface area contributed by atoms with Crippen LogP contribution < -0.4 is 5.32 Å². The third-order valence-corrected chi connectivity index (χ3v) is 5.30. The molecule has 24 heavy (non-hydrogen) atoms. The van der Waals surface area contributed by atoms with Crippen molar-refractivity contribution in [3.8, 4) is 0 Å². The quantitative estimate of drug-likeness (QED) is 0.780. The maximum atomic E-state index is 12.7. The zero-order chi connectivity index (χ0) is 17.7. The van der Waals surface area contributed by atoms with E-state index in [1.54, 1.807) is 6.20 Å². The van der Waals surface area contributed by atoms with Gasteiger partial charge in [-0.25, -0.2) is 4.79 Å². The van der Waals surface area contributed by atoms with Gasteiger partial charge in [0.1, 0.15) is 5.54 Å². The zero-order valence-electron chi connectivity index (χ0n) is 15.0. The lowest BCUT2D eigenvalue weighted by Gasteiger charge is -2.29. The summed E-state index contributed by atoms with van der Waals surface area (Å²) in [5, 5.41) is 16.9. The molecule has 2 rings (SSSR count). The third-order valence-electron chi connectivity index (χ3n) is 5.30. The van der Waals surface area contributed by atoms with Crippen LogP contribution in [0.15, 0.2) is 6.20 Å². The monoisotopic (exact) mass is 335 g/mol. The topological polar surface area (TPSA) is 84.2 Å². The number of aromatic nitrogens is 2. The number of amides is 1. The molecule has 1 saturated carbocycles. The van der Waals surface area contributed by atoms with Gasteiger partial charge >= 0.3 is 5.97 Å². The van der Waals surface area contributed by atoms with E-state index >= 15 is 0 Å². The van der Waals surface area contributed by atoms with Crippen LogP contribution in [0.5, 0.6) is 0 Å². The fourth-order valence-corrected chi connectivity index (χ4v) is 3.66. The first-order valence-corrected chi connectivity index (χ1v) is 9.05. The minimum absolute atomic E-state index is 0.262. The van der Waals surface area contributed by atoms with E-state index in [-0.39, 0.29) is 11.9 Å². The fraction of sp³-hybridized carbons (Fsp3) is 0.722. The molecular weight excluding hydrogens is 306 g/mol. The van der Waals surface area contributed by atoms with E-state index in [0.717, 1.165) is 44.2 Å². The number of nitrogens with zero attached hydrogens (tertiary/aromatic N) is 2. The average molecular weight is 335 g/mol. The molecule has 0 unspecified atom stereocenters. The summed E-state index contributed by atoms with van der Waals surface area (Å²) in [6, 6.07) is 0.262. The lowest BCUT2D eigenvalue weighted by Crippen LogP contribution is -2.54. The Hall–Kier alpha value is -1.85. The highest BCUT2D eigenvalue weighted by molar-refractivity contribution is 5.98. The van der Waals surface area contributed by atoms with E-state index in [2.05, 4.69) is 24.3 Å². The summed E-state index contributed by atoms with van der Waals surface area (Å²) in [7, 11) is 0. The molecule has 0 radical (unpaired) electrons. The van der Waals surface area contributed by atoms with Crippen molar-refractivity contribution in [2.24, 2.45) is 0 Å². The predicted molar refractivity (Wildman–Crippen MR) is 92.1 cm³/mol. The number of hydrogen-bond acceptors (Lipinski definition) is 3. The van der Waals surface area contributed by atoms with Crippen LogP contribution in [-0.4, -0.2) is 32.3 Å². The van der Waals surface area contributed by atoms with Crippen molar-refractivity contribution >= 4 is 11.9 Å². The van der Waals surface area contributed by atoms with Crippen LogP contribution in [0.2, 0.25) is 0 Å². The Morgan fingerprint density at radius 2 is 1.83 bits per heavy atom. The minimum Gasteiger partial charge on any atom is -0.480 e. The molecule has 6 nitrogen and oxygen atoms in total. The fourth-order valence-electron chi connectivity index (χ4n) is 3.66. The second-order valence-electron chi connectivity index (χ2n) is 6.81. The highest BCUT2D eigenvalue weighted by atomic mass is 16.4. The summed E-state index contributed by atoms with van der Waals surface area (Å²) in [5.41, 5.74) is 0.138. The molecule has 6 heteroatoms. The van der Waals surface area contributed by atoms with Crippen molar-refractivity contribution in [1.82, 2.24) is 15.1 Å². The van der Waals surface area contributed by atoms with Crippen LogP contribution >= 0.6 is 0 Å². The van der Waals surface area contributed by atoms with Crippen molar-refractivity contribution in [2.45, 2.75) is 83.7 Å². The van der Waals surface area contributed by atoms with Crippen LogP contribution in [0.3, 0.4) is 0 Å². The van der Waals surface area contributed by atoms with E-state index in [4.69, 9.17) is 0 Å². The van der Waals surface area contributed by atoms with E-state index in [9.17, 15) is 14.7 Å². The summed E-state index contributed by atoms with van der Waals surface area (Å²) in [4.78, 5) is 24.6. The van der Waals surface area contributed by atoms with Crippen molar-refractivity contribution in [1.29, 1.82) is 0 Å². The largest absolute Gasteiger partial charge is 0.480 e. The Morgan fingerprint density at radius 3 is 2.33 bits per heavy atom. The van der Waals surface area contributed by atoms with E-state index < -0.39 is 11.5 Å². The number of carbonyl (C=O) groups excluding carboxylic acids is 1. The van der Waals surface area contributed by atoms with Crippen LogP contribution in [0.1, 0.15) is 87.3 Å². The van der Waals surface area contributed by atoms with Crippen molar-refractivity contribution in [2.75, 3.05) is 0 Å². The Kier molecular flexibility index (Phi) is 6.02. The second-order valence-corrected chi connectivity index (χ2v) is 6.81. The van der Waals surface area contributed by atoms with Crippen LogP contribution in [0.25, 0.3) is 0 Å². The number of carbonyl (C=O) groups is 2. The van der Waals surface area contributed by atoms with Crippen molar-refractivity contribution in [3.63, 3.8) is 0 Å². The molecule has 0 bridgehead atoms. The molecule has 0 atom stereocenters. The average Bonchev–Trinajstić information content (AvgIpc) is 2.78. The predicted octanol–water partition coefficient (Wildman–Crippen LogP) is 3.46. The first kappa shape index (κ1) is 18.5. The molecule has 1 aliphatic rings. The van der Waals surface area contributed by atoms with E-state index in [1.165, 1.54) is 0 Å². The van der Waals surface area contributed by atoms with Gasteiger partial charge in [-0.3, -0.25) is 9.48 Å². The molecule has 1 amide bonds. The summed E-state index contributed by atoms with van der Waals surface area (Å²) < 4.78 is 1.88. The normalized spacial score (nSPS) is 17.5. The van der Waals surface area contributed by atoms with Crippen LogP contribution in [0, 0.1) is 6.92 Å². The van der Waals surface area contributed by atoms with E-state index in [1.807, 2.05) is 11.6 Å². The molecule has 1 aliphatic carbocycles. The smallest absolute Gasteiger partial charge is 0.329 e. The van der Waals surface area contributed by atoms with Gasteiger partial charge in [0.2, 0.25) is 0 Å². The minimum atomic E-state index is -1.14. The molecule has 1 fully saturated rings. The van der Waals surface area contributed by atoms with Gasteiger partial charge < -0.3 is 10.4 Å². The molecule has 2 N–H and O–H groups in total. The second kappa shape index (κ2) is 7.81. The maximum absolute atomic E-state index is 12.7. The molecule has 1 aromatic rings. The third kappa shape index (κ3) is 3.62. The van der Waals surface area contributed by atoms with Crippen molar-refractivity contribution in [3.05, 3.63) is 17.5 Å². The van der Waals surface area contributed by atoms with Gasteiger partial charge in [-0.15, -0.1) is 0 Å². The van der Waals surface area contributed by atoms with Gasteiger partial charge in [0, 0.05) is 5.69 Å². The van der Waals surface area contributed by atoms with Gasteiger partial charge in [0.15, 0.2) is 0 Å². The highest BCUT2D eigenvalue weighted by Gasteiger charge is 2.40. The number of rotatable bonds is 6. The SMILES string of the molecule is CCC(CC)n1ncc(C(=O)NC2(C(=O)O)CCCCCC2)c1C. The summed E-state index contributed by atoms with van der Waals surface area (Å²) in [6.07, 6.45) is 8.15. The number of hydrogen-bond donors (Lipinski definition) is 2. The molecule has 1 heterocycles.